The van der Waals surface area contributed by atoms with Crippen LogP contribution in [0.1, 0.15) is 36.1 Å². The molecule has 1 unspecified atom stereocenters. The van der Waals surface area contributed by atoms with E-state index in [9.17, 15) is 0 Å². The fourth-order valence-electron chi connectivity index (χ4n) is 8.15. The molecule has 7 aromatic rings. The summed E-state index contributed by atoms with van der Waals surface area (Å²) in [6.07, 6.45) is 24.6. The van der Waals surface area contributed by atoms with Crippen LogP contribution in [0.15, 0.2) is 188 Å². The first kappa shape index (κ1) is 32.0. The molecule has 0 spiro atoms. The Balaban J connectivity index is 1.02. The van der Waals surface area contributed by atoms with Gasteiger partial charge < -0.3 is 0 Å². The Morgan fingerprint density at radius 2 is 1.15 bits per heavy atom. The van der Waals surface area contributed by atoms with Crippen LogP contribution in [0.2, 0.25) is 0 Å². The van der Waals surface area contributed by atoms with Crippen LogP contribution in [-0.2, 0) is 0 Å². The van der Waals surface area contributed by atoms with E-state index in [0.717, 1.165) is 53.0 Å². The van der Waals surface area contributed by atoms with Gasteiger partial charge in [0.05, 0.1) is 11.4 Å². The number of hydrogen-bond donors (Lipinski definition) is 0. The van der Waals surface area contributed by atoms with Gasteiger partial charge in [0, 0.05) is 40.4 Å². The number of pyridine rings is 1. The summed E-state index contributed by atoms with van der Waals surface area (Å²) in [4.78, 5) is 15.0. The van der Waals surface area contributed by atoms with Crippen molar-refractivity contribution >= 4 is 38.3 Å². The molecule has 0 bridgehead atoms. The van der Waals surface area contributed by atoms with Crippen LogP contribution >= 0.6 is 0 Å². The van der Waals surface area contributed by atoms with Crippen molar-refractivity contribution in [2.75, 3.05) is 0 Å². The minimum Gasteiger partial charge on any atom is -0.263 e. The summed E-state index contributed by atoms with van der Waals surface area (Å²) in [6.45, 7) is 0. The van der Waals surface area contributed by atoms with Crippen molar-refractivity contribution in [3.63, 3.8) is 0 Å². The Labute approximate surface area is 315 Å². The van der Waals surface area contributed by atoms with Gasteiger partial charge in [0.2, 0.25) is 0 Å². The summed E-state index contributed by atoms with van der Waals surface area (Å²) in [7, 11) is 0. The van der Waals surface area contributed by atoms with E-state index in [2.05, 4.69) is 175 Å². The van der Waals surface area contributed by atoms with Crippen molar-refractivity contribution in [1.82, 2.24) is 15.0 Å². The Morgan fingerprint density at radius 1 is 0.481 bits per heavy atom. The van der Waals surface area contributed by atoms with Crippen molar-refractivity contribution in [3.05, 3.63) is 205 Å². The first-order valence-corrected chi connectivity index (χ1v) is 18.8. The van der Waals surface area contributed by atoms with Crippen LogP contribution in [0.25, 0.3) is 72.0 Å². The average molecular weight is 692 g/mol. The molecule has 54 heavy (non-hydrogen) atoms. The number of hydrogen-bond acceptors (Lipinski definition) is 3. The smallest absolute Gasteiger partial charge is 0.160 e. The van der Waals surface area contributed by atoms with E-state index in [1.165, 1.54) is 60.7 Å². The molecule has 0 radical (unpaired) electrons. The number of nitrogens with zero attached hydrogens (tertiary/aromatic N) is 3. The third kappa shape index (κ3) is 6.04. The zero-order chi connectivity index (χ0) is 35.8. The second kappa shape index (κ2) is 13.7. The quantitative estimate of drug-likeness (QED) is 0.174. The maximum Gasteiger partial charge on any atom is 0.160 e. The van der Waals surface area contributed by atoms with Gasteiger partial charge >= 0.3 is 0 Å². The van der Waals surface area contributed by atoms with E-state index in [1.807, 2.05) is 12.4 Å². The van der Waals surface area contributed by atoms with Gasteiger partial charge in [-0.2, -0.15) is 0 Å². The van der Waals surface area contributed by atoms with Gasteiger partial charge in [-0.25, -0.2) is 9.97 Å². The molecular formula is C51H37N3. The van der Waals surface area contributed by atoms with Gasteiger partial charge in [0.25, 0.3) is 0 Å². The number of fused-ring (bicyclic) bond motifs is 3. The number of aromatic nitrogens is 3. The zero-order valence-electron chi connectivity index (χ0n) is 29.9. The first-order valence-electron chi connectivity index (χ1n) is 18.8. The average Bonchev–Trinajstić information content (AvgIpc) is 3.26. The molecule has 0 amide bonds. The second-order valence-corrected chi connectivity index (χ2v) is 14.3. The zero-order valence-corrected chi connectivity index (χ0v) is 29.9. The highest BCUT2D eigenvalue weighted by molar-refractivity contribution is 5.97. The lowest BCUT2D eigenvalue weighted by molar-refractivity contribution is 0.793. The van der Waals surface area contributed by atoms with Gasteiger partial charge in [-0.3, -0.25) is 4.98 Å². The summed E-state index contributed by atoms with van der Waals surface area (Å²) in [5, 5.41) is 4.90. The van der Waals surface area contributed by atoms with E-state index in [1.54, 1.807) is 0 Å². The van der Waals surface area contributed by atoms with Crippen molar-refractivity contribution in [1.29, 1.82) is 0 Å². The standard InChI is InChI=1S/C51H37N3/c1-2-10-42-30-43(29-18-34(42)8-1)35-16-23-39(24-17-35)49-31-50(40-25-19-38(20-26-40)48-33-52-32-44-11-4-6-14-47(44)48)54-51(53-49)41-27-21-37(22-28-41)46-15-7-12-36-9-3-5-13-45(36)46/h1-19,21-25,27-29,31-33,42H,20,26,30H2. The molecule has 0 saturated carbocycles. The molecule has 2 heterocycles. The van der Waals surface area contributed by atoms with Gasteiger partial charge in [0.1, 0.15) is 0 Å². The highest BCUT2D eigenvalue weighted by Crippen LogP contribution is 2.38. The van der Waals surface area contributed by atoms with E-state index < -0.39 is 0 Å². The van der Waals surface area contributed by atoms with E-state index in [0.29, 0.717) is 5.92 Å². The molecule has 0 fully saturated rings. The normalized spacial score (nSPS) is 16.4. The molecule has 0 aliphatic heterocycles. The predicted octanol–water partition coefficient (Wildman–Crippen LogP) is 12.9. The molecule has 3 nitrogen and oxygen atoms in total. The van der Waals surface area contributed by atoms with Crippen LogP contribution in [0, 0.1) is 5.92 Å². The topological polar surface area (TPSA) is 38.7 Å². The molecule has 1 atom stereocenters. The van der Waals surface area contributed by atoms with Crippen molar-refractivity contribution in [3.8, 4) is 33.8 Å². The van der Waals surface area contributed by atoms with Crippen LogP contribution < -0.4 is 0 Å². The van der Waals surface area contributed by atoms with Gasteiger partial charge in [-0.05, 0) is 80.5 Å². The number of rotatable bonds is 6. The van der Waals surface area contributed by atoms with Crippen LogP contribution in [0.5, 0.6) is 0 Å². The van der Waals surface area contributed by atoms with Gasteiger partial charge in [0.15, 0.2) is 5.82 Å². The Hall–Kier alpha value is -6.71. The Morgan fingerprint density at radius 3 is 1.98 bits per heavy atom. The monoisotopic (exact) mass is 691 g/mol. The summed E-state index contributed by atoms with van der Waals surface area (Å²) in [6, 6.07) is 43.4. The predicted molar refractivity (Wildman–Crippen MR) is 225 cm³/mol. The van der Waals surface area contributed by atoms with E-state index in [-0.39, 0.29) is 0 Å². The SMILES string of the molecule is C1=CC2=CC=C(c3ccc(-c4cc(C5=CC=C(c6cncc7ccccc67)CC5)nc(-c5ccc(-c6cccc7ccccc67)cc5)n4)cc3)CC2C=C1. The van der Waals surface area contributed by atoms with E-state index >= 15 is 0 Å². The lowest BCUT2D eigenvalue weighted by atomic mass is 9.82. The maximum absolute atomic E-state index is 5.23. The first-order chi connectivity index (χ1) is 26.7. The maximum atomic E-state index is 5.23. The largest absolute Gasteiger partial charge is 0.263 e. The highest BCUT2D eigenvalue weighted by Gasteiger charge is 2.19. The third-order valence-electron chi connectivity index (χ3n) is 11.1. The molecule has 5 aromatic carbocycles. The lowest BCUT2D eigenvalue weighted by Crippen LogP contribution is -2.06. The summed E-state index contributed by atoms with van der Waals surface area (Å²) in [5.41, 5.74) is 14.1. The van der Waals surface area contributed by atoms with Crippen molar-refractivity contribution in [2.24, 2.45) is 5.92 Å². The number of benzene rings is 5. The lowest BCUT2D eigenvalue weighted by Gasteiger charge is -2.22. The highest BCUT2D eigenvalue weighted by atomic mass is 14.9. The molecule has 0 saturated heterocycles. The van der Waals surface area contributed by atoms with Crippen LogP contribution in [-0.4, -0.2) is 15.0 Å². The van der Waals surface area contributed by atoms with Crippen LogP contribution in [0.4, 0.5) is 0 Å². The molecule has 3 heteroatoms. The minimum absolute atomic E-state index is 0.448. The molecule has 0 N–H and O–H groups in total. The minimum atomic E-state index is 0.448. The fourth-order valence-corrected chi connectivity index (χ4v) is 8.15. The fraction of sp³-hybridized carbons (Fsp3) is 0.0784. The van der Waals surface area contributed by atoms with Crippen LogP contribution in [0.3, 0.4) is 0 Å². The van der Waals surface area contributed by atoms with Gasteiger partial charge in [-0.15, -0.1) is 0 Å². The molecule has 10 rings (SSSR count). The molecule has 3 aliphatic rings. The molecule has 2 aromatic heterocycles. The molecular weight excluding hydrogens is 655 g/mol. The summed E-state index contributed by atoms with van der Waals surface area (Å²) >= 11 is 0. The van der Waals surface area contributed by atoms with E-state index in [4.69, 9.17) is 9.97 Å². The van der Waals surface area contributed by atoms with Crippen molar-refractivity contribution < 1.29 is 0 Å². The summed E-state index contributed by atoms with van der Waals surface area (Å²) in [5.74, 6) is 1.18. The third-order valence-corrected chi connectivity index (χ3v) is 11.1. The Bertz CT molecular complexity index is 2760. The van der Waals surface area contributed by atoms with Gasteiger partial charge in [-0.1, -0.05) is 164 Å². The van der Waals surface area contributed by atoms with Crippen molar-refractivity contribution in [2.45, 2.75) is 19.3 Å². The number of allylic oxidation sites excluding steroid dienone is 12. The summed E-state index contributed by atoms with van der Waals surface area (Å²) < 4.78 is 0. The molecule has 3 aliphatic carbocycles. The molecule has 256 valence electrons. The second-order valence-electron chi connectivity index (χ2n) is 14.3. The Kier molecular flexibility index (Phi) is 8.11.